The molecule has 0 spiro atoms. The van der Waals surface area contributed by atoms with Crippen molar-refractivity contribution in [3.05, 3.63) is 70.8 Å². The second-order valence-electron chi connectivity index (χ2n) is 5.65. The third kappa shape index (κ3) is 6.07. The van der Waals surface area contributed by atoms with Crippen molar-refractivity contribution >= 4 is 27.0 Å². The molecule has 0 aromatic heterocycles. The topological polar surface area (TPSA) is 12.0 Å². The Hall–Kier alpha value is -1.11. The van der Waals surface area contributed by atoms with Crippen molar-refractivity contribution in [1.29, 1.82) is 0 Å². The van der Waals surface area contributed by atoms with Gasteiger partial charge in [-0.2, -0.15) is 40.2 Å². The van der Waals surface area contributed by atoms with Crippen LogP contribution in [0, 0.1) is 6.92 Å². The summed E-state index contributed by atoms with van der Waals surface area (Å²) >= 11 is 0. The lowest BCUT2D eigenvalue weighted by atomic mass is 10.00. The van der Waals surface area contributed by atoms with Crippen molar-refractivity contribution in [2.24, 2.45) is 0 Å². The molecule has 0 amide bonds. The lowest BCUT2D eigenvalue weighted by Gasteiger charge is -2.22. The molecule has 1 N–H and O–H groups in total. The van der Waals surface area contributed by atoms with E-state index in [1.807, 2.05) is 44.2 Å². The molecule has 0 aliphatic carbocycles. The van der Waals surface area contributed by atoms with E-state index in [-0.39, 0.29) is 39.1 Å². The Morgan fingerprint density at radius 3 is 1.92 bits per heavy atom. The summed E-state index contributed by atoms with van der Waals surface area (Å²) in [5.74, 6) is 0. The Bertz CT molecular complexity index is 630. The van der Waals surface area contributed by atoms with Crippen LogP contribution in [0.15, 0.2) is 48.5 Å². The second kappa shape index (κ2) is 9.39. The van der Waals surface area contributed by atoms with Crippen LogP contribution in [0.3, 0.4) is 0 Å². The van der Waals surface area contributed by atoms with E-state index in [1.165, 1.54) is 12.1 Å². The van der Waals surface area contributed by atoms with Gasteiger partial charge in [-0.1, -0.05) is 42.0 Å². The van der Waals surface area contributed by atoms with E-state index in [0.717, 1.165) is 5.56 Å². The van der Waals surface area contributed by atoms with Gasteiger partial charge in [0.1, 0.15) is 0 Å². The maximum absolute atomic E-state index is 12.9. The Morgan fingerprint density at radius 1 is 0.833 bits per heavy atom. The summed E-state index contributed by atoms with van der Waals surface area (Å²) in [5, 5.41) is 3.35. The van der Waals surface area contributed by atoms with E-state index in [4.69, 9.17) is 0 Å². The fourth-order valence-electron chi connectivity index (χ4n) is 2.54. The maximum Gasteiger partial charge on any atom is 0.416 e. The molecule has 134 valence electrons. The highest BCUT2D eigenvalue weighted by molar-refractivity contribution is 7.59. The largest absolute Gasteiger partial charge is 0.416 e. The van der Waals surface area contributed by atoms with Gasteiger partial charge in [-0.3, -0.25) is 0 Å². The van der Waals surface area contributed by atoms with Crippen LogP contribution in [0.5, 0.6) is 0 Å². The summed E-state index contributed by atoms with van der Waals surface area (Å²) < 4.78 is 38.8. The van der Waals surface area contributed by atoms with Gasteiger partial charge in [-0.15, -0.1) is 0 Å². The van der Waals surface area contributed by atoms with E-state index < -0.39 is 11.7 Å². The minimum absolute atomic E-state index is 0. The number of halogens is 3. The molecule has 2 rings (SSSR count). The summed E-state index contributed by atoms with van der Waals surface area (Å²) in [6, 6.07) is 13.9. The summed E-state index contributed by atoms with van der Waals surface area (Å²) in [6.45, 7) is 5.58. The number of aryl methyl sites for hydroxylation is 1. The molecule has 0 radical (unpaired) electrons. The zero-order valence-electron chi connectivity index (χ0n) is 13.9. The number of benzene rings is 2. The molecule has 0 bridgehead atoms. The molecule has 0 aliphatic rings. The quantitative estimate of drug-likeness (QED) is 0.728. The third-order valence-electron chi connectivity index (χ3n) is 3.73. The molecule has 2 atom stereocenters. The van der Waals surface area contributed by atoms with Crippen LogP contribution >= 0.6 is 27.0 Å². The highest BCUT2D eigenvalue weighted by Gasteiger charge is 2.31. The van der Waals surface area contributed by atoms with Crippen LogP contribution in [0.25, 0.3) is 0 Å². The summed E-state index contributed by atoms with van der Waals surface area (Å²) in [6.07, 6.45) is -4.31. The predicted octanol–water partition coefficient (Wildman–Crippen LogP) is 5.65. The molecule has 0 heterocycles. The molecule has 1 nitrogen and oxygen atoms in total. The average Bonchev–Trinajstić information content (AvgIpc) is 2.46. The first-order valence-corrected chi connectivity index (χ1v) is 7.27. The molecule has 0 saturated carbocycles. The van der Waals surface area contributed by atoms with Gasteiger partial charge in [-0.05, 0) is 44.0 Å². The lowest BCUT2D eigenvalue weighted by Crippen LogP contribution is -2.23. The first kappa shape index (κ1) is 22.9. The number of hydrogen-bond acceptors (Lipinski definition) is 1. The molecular weight excluding hydrogens is 351 g/mol. The predicted molar refractivity (Wildman–Crippen MR) is 103 cm³/mol. The van der Waals surface area contributed by atoms with E-state index in [1.54, 1.807) is 13.0 Å². The van der Waals surface area contributed by atoms with Crippen molar-refractivity contribution in [3.8, 4) is 0 Å². The molecule has 6 heteroatoms. The van der Waals surface area contributed by atoms with Crippen molar-refractivity contribution < 1.29 is 13.2 Å². The van der Waals surface area contributed by atoms with E-state index >= 15 is 0 Å². The smallest absolute Gasteiger partial charge is 0.304 e. The highest BCUT2D eigenvalue weighted by Crippen LogP contribution is 2.32. The van der Waals surface area contributed by atoms with E-state index in [2.05, 4.69) is 5.32 Å². The Balaban J connectivity index is 0.00000264. The summed E-state index contributed by atoms with van der Waals surface area (Å²) in [5.41, 5.74) is 1.78. The molecule has 24 heavy (non-hydrogen) atoms. The van der Waals surface area contributed by atoms with E-state index in [0.29, 0.717) is 11.1 Å². The average molecular weight is 376 g/mol. The summed E-state index contributed by atoms with van der Waals surface area (Å²) in [4.78, 5) is 0. The minimum atomic E-state index is -4.31. The first-order valence-electron chi connectivity index (χ1n) is 7.27. The minimum Gasteiger partial charge on any atom is -0.304 e. The van der Waals surface area contributed by atoms with Crippen LogP contribution in [-0.2, 0) is 6.18 Å². The van der Waals surface area contributed by atoms with Gasteiger partial charge >= 0.3 is 6.18 Å². The number of nitrogens with one attached hydrogen (secondary N) is 1. The SMILES string of the molecule is Cc1cc([C@H](C)N[C@@H](C)c2ccccc2)cc(C(F)(F)F)c1.S.S. The van der Waals surface area contributed by atoms with Crippen molar-refractivity contribution in [2.45, 2.75) is 39.0 Å². The Morgan fingerprint density at radius 2 is 1.38 bits per heavy atom. The van der Waals surface area contributed by atoms with Crippen LogP contribution in [0.1, 0.15) is 48.2 Å². The van der Waals surface area contributed by atoms with E-state index in [9.17, 15) is 13.2 Å². The Labute approximate surface area is 155 Å². The van der Waals surface area contributed by atoms with Gasteiger partial charge < -0.3 is 5.32 Å². The van der Waals surface area contributed by atoms with Crippen molar-refractivity contribution in [1.82, 2.24) is 5.32 Å². The number of rotatable bonds is 4. The van der Waals surface area contributed by atoms with Gasteiger partial charge in [0.05, 0.1) is 5.56 Å². The fraction of sp³-hybridized carbons (Fsp3) is 0.333. The number of hydrogen-bond donors (Lipinski definition) is 1. The van der Waals surface area contributed by atoms with Gasteiger partial charge in [0.15, 0.2) is 0 Å². The Kier molecular flexibility index (Phi) is 8.96. The van der Waals surface area contributed by atoms with Gasteiger partial charge in [0.2, 0.25) is 0 Å². The van der Waals surface area contributed by atoms with Crippen LogP contribution in [0.2, 0.25) is 0 Å². The zero-order valence-corrected chi connectivity index (χ0v) is 15.9. The zero-order chi connectivity index (χ0) is 16.3. The molecule has 0 saturated heterocycles. The molecule has 0 unspecified atom stereocenters. The van der Waals surface area contributed by atoms with Crippen LogP contribution in [0.4, 0.5) is 13.2 Å². The molecule has 2 aromatic carbocycles. The first-order chi connectivity index (χ1) is 10.3. The highest BCUT2D eigenvalue weighted by atomic mass is 32.1. The normalized spacial score (nSPS) is 13.4. The fourth-order valence-corrected chi connectivity index (χ4v) is 2.54. The molecular formula is C18H24F3NS2. The molecule has 0 aliphatic heterocycles. The van der Waals surface area contributed by atoms with Gasteiger partial charge in [0, 0.05) is 12.1 Å². The summed E-state index contributed by atoms with van der Waals surface area (Å²) in [7, 11) is 0. The van der Waals surface area contributed by atoms with Gasteiger partial charge in [-0.25, -0.2) is 0 Å². The third-order valence-corrected chi connectivity index (χ3v) is 3.73. The lowest BCUT2D eigenvalue weighted by molar-refractivity contribution is -0.137. The van der Waals surface area contributed by atoms with Crippen LogP contribution < -0.4 is 5.32 Å². The van der Waals surface area contributed by atoms with Gasteiger partial charge in [0.25, 0.3) is 0 Å². The standard InChI is InChI=1S/C18H20F3N.2H2S/c1-12-9-16(11-17(10-12)18(19,20)21)14(3)22-13(2)15-7-5-4-6-8-15;;/h4-11,13-14,22H,1-3H3;2*1H2/t13-,14-;;/m0../s1. The maximum atomic E-state index is 12.9. The number of alkyl halides is 3. The van der Waals surface area contributed by atoms with Crippen LogP contribution in [-0.4, -0.2) is 0 Å². The van der Waals surface area contributed by atoms with Crippen molar-refractivity contribution in [2.75, 3.05) is 0 Å². The van der Waals surface area contributed by atoms with Crippen molar-refractivity contribution in [3.63, 3.8) is 0 Å². The monoisotopic (exact) mass is 375 g/mol. The second-order valence-corrected chi connectivity index (χ2v) is 5.65. The molecule has 0 fully saturated rings. The molecule has 2 aromatic rings.